The molecule has 0 atom stereocenters. The van der Waals surface area contributed by atoms with E-state index in [2.05, 4.69) is 4.98 Å². The number of benzene rings is 1. The molecule has 0 radical (unpaired) electrons. The summed E-state index contributed by atoms with van der Waals surface area (Å²) < 4.78 is 4.73. The summed E-state index contributed by atoms with van der Waals surface area (Å²) in [6.45, 7) is 1.95. The number of hydrogen-bond donors (Lipinski definition) is 0. The predicted octanol–water partition coefficient (Wildman–Crippen LogP) is 2.33. The first-order chi connectivity index (χ1) is 7.24. The van der Waals surface area contributed by atoms with E-state index in [4.69, 9.17) is 4.74 Å². The lowest BCUT2D eigenvalue weighted by atomic mass is 10.0. The third-order valence-electron chi connectivity index (χ3n) is 2.38. The summed E-state index contributed by atoms with van der Waals surface area (Å²) in [6.07, 6.45) is 1.73. The van der Waals surface area contributed by atoms with Crippen molar-refractivity contribution in [2.24, 2.45) is 0 Å². The highest BCUT2D eigenvalue weighted by atomic mass is 16.5. The second kappa shape index (κ2) is 3.69. The smallest absolute Gasteiger partial charge is 0.338 e. The number of aryl methyl sites for hydroxylation is 1. The number of ether oxygens (including phenoxy) is 1. The van der Waals surface area contributed by atoms with Crippen LogP contribution in [0.3, 0.4) is 0 Å². The summed E-state index contributed by atoms with van der Waals surface area (Å²) in [4.78, 5) is 15.7. The van der Waals surface area contributed by atoms with Gasteiger partial charge in [-0.15, -0.1) is 0 Å². The topological polar surface area (TPSA) is 39.2 Å². The molecule has 0 aliphatic heterocycles. The van der Waals surface area contributed by atoms with Gasteiger partial charge < -0.3 is 4.74 Å². The first-order valence-corrected chi connectivity index (χ1v) is 4.66. The lowest BCUT2D eigenvalue weighted by Crippen LogP contribution is -2.03. The minimum Gasteiger partial charge on any atom is -0.465 e. The van der Waals surface area contributed by atoms with Gasteiger partial charge in [0, 0.05) is 11.6 Å². The van der Waals surface area contributed by atoms with E-state index in [1.54, 1.807) is 18.3 Å². The number of pyridine rings is 1. The number of hydrogen-bond acceptors (Lipinski definition) is 3. The molecule has 0 saturated carbocycles. The number of carbonyl (C=O) groups is 1. The van der Waals surface area contributed by atoms with Crippen LogP contribution in [0.15, 0.2) is 30.5 Å². The van der Waals surface area contributed by atoms with Crippen LogP contribution < -0.4 is 0 Å². The minimum absolute atomic E-state index is 0.322. The zero-order valence-electron chi connectivity index (χ0n) is 8.65. The van der Waals surface area contributed by atoms with Crippen molar-refractivity contribution < 1.29 is 9.53 Å². The molecular formula is C12H11NO2. The molecule has 15 heavy (non-hydrogen) atoms. The van der Waals surface area contributed by atoms with Crippen LogP contribution in [0.4, 0.5) is 0 Å². The fourth-order valence-corrected chi connectivity index (χ4v) is 1.65. The first kappa shape index (κ1) is 9.65. The standard InChI is InChI=1S/C12H11NO2/c1-8-6-7-13-10-5-3-4-9(11(8)10)12(14)15-2/h3-7H,1-2H3. The van der Waals surface area contributed by atoms with Crippen LogP contribution in [0.2, 0.25) is 0 Å². The van der Waals surface area contributed by atoms with Crippen LogP contribution in [0.5, 0.6) is 0 Å². The Hall–Kier alpha value is -1.90. The molecule has 0 N–H and O–H groups in total. The normalized spacial score (nSPS) is 10.3. The molecule has 0 spiro atoms. The van der Waals surface area contributed by atoms with Crippen LogP contribution in [-0.2, 0) is 4.74 Å². The summed E-state index contributed by atoms with van der Waals surface area (Å²) in [5, 5.41) is 0.867. The van der Waals surface area contributed by atoms with Gasteiger partial charge in [0.25, 0.3) is 0 Å². The summed E-state index contributed by atoms with van der Waals surface area (Å²) in [5.41, 5.74) is 2.42. The largest absolute Gasteiger partial charge is 0.465 e. The molecule has 0 aliphatic rings. The van der Waals surface area contributed by atoms with Gasteiger partial charge >= 0.3 is 5.97 Å². The van der Waals surface area contributed by atoms with Gasteiger partial charge in [0.05, 0.1) is 18.2 Å². The molecule has 0 bridgehead atoms. The second-order valence-corrected chi connectivity index (χ2v) is 3.32. The molecule has 0 amide bonds. The number of methoxy groups -OCH3 is 1. The Bertz CT molecular complexity index is 515. The van der Waals surface area contributed by atoms with Gasteiger partial charge in [-0.1, -0.05) is 6.07 Å². The zero-order valence-corrected chi connectivity index (χ0v) is 8.65. The van der Waals surface area contributed by atoms with Crippen molar-refractivity contribution in [3.05, 3.63) is 41.6 Å². The molecule has 3 heteroatoms. The number of rotatable bonds is 1. The van der Waals surface area contributed by atoms with Crippen LogP contribution in [0, 0.1) is 6.92 Å². The number of fused-ring (bicyclic) bond motifs is 1. The van der Waals surface area contributed by atoms with Crippen LogP contribution in [0.25, 0.3) is 10.9 Å². The van der Waals surface area contributed by atoms with Crippen LogP contribution in [0.1, 0.15) is 15.9 Å². The fraction of sp³-hybridized carbons (Fsp3) is 0.167. The number of nitrogens with zero attached hydrogens (tertiary/aromatic N) is 1. The fourth-order valence-electron chi connectivity index (χ4n) is 1.65. The van der Waals surface area contributed by atoms with Crippen molar-refractivity contribution in [3.63, 3.8) is 0 Å². The zero-order chi connectivity index (χ0) is 10.8. The predicted molar refractivity (Wildman–Crippen MR) is 57.8 cm³/mol. The molecule has 0 unspecified atom stereocenters. The van der Waals surface area contributed by atoms with E-state index in [1.807, 2.05) is 19.1 Å². The summed E-state index contributed by atoms with van der Waals surface area (Å²) >= 11 is 0. The minimum atomic E-state index is -0.322. The van der Waals surface area contributed by atoms with E-state index < -0.39 is 0 Å². The number of esters is 1. The van der Waals surface area contributed by atoms with Gasteiger partial charge in [-0.3, -0.25) is 4.98 Å². The third kappa shape index (κ3) is 1.56. The monoisotopic (exact) mass is 201 g/mol. The van der Waals surface area contributed by atoms with Gasteiger partial charge in [0.15, 0.2) is 0 Å². The Kier molecular flexibility index (Phi) is 2.37. The highest BCUT2D eigenvalue weighted by Gasteiger charge is 2.11. The van der Waals surface area contributed by atoms with Crippen molar-refractivity contribution >= 4 is 16.9 Å². The lowest BCUT2D eigenvalue weighted by molar-refractivity contribution is 0.0603. The Morgan fingerprint density at radius 2 is 2.13 bits per heavy atom. The second-order valence-electron chi connectivity index (χ2n) is 3.32. The van der Waals surface area contributed by atoms with Gasteiger partial charge in [-0.2, -0.15) is 0 Å². The summed E-state index contributed by atoms with van der Waals surface area (Å²) in [7, 11) is 1.38. The molecule has 2 rings (SSSR count). The average molecular weight is 201 g/mol. The van der Waals surface area contributed by atoms with Crippen LogP contribution >= 0.6 is 0 Å². The van der Waals surface area contributed by atoms with Gasteiger partial charge in [0.1, 0.15) is 0 Å². The van der Waals surface area contributed by atoms with Crippen LogP contribution in [-0.4, -0.2) is 18.1 Å². The molecule has 2 aromatic rings. The molecule has 76 valence electrons. The van der Waals surface area contributed by atoms with Crippen molar-refractivity contribution in [2.45, 2.75) is 6.92 Å². The van der Waals surface area contributed by atoms with Crippen molar-refractivity contribution in [2.75, 3.05) is 7.11 Å². The summed E-state index contributed by atoms with van der Waals surface area (Å²) in [5.74, 6) is -0.322. The molecule has 0 saturated heterocycles. The number of aromatic nitrogens is 1. The molecule has 0 fully saturated rings. The molecule has 0 aliphatic carbocycles. The maximum absolute atomic E-state index is 11.5. The van der Waals surface area contributed by atoms with Gasteiger partial charge in [0.2, 0.25) is 0 Å². The maximum Gasteiger partial charge on any atom is 0.338 e. The van der Waals surface area contributed by atoms with E-state index in [0.717, 1.165) is 16.5 Å². The molecule has 3 nitrogen and oxygen atoms in total. The highest BCUT2D eigenvalue weighted by Crippen LogP contribution is 2.21. The molecule has 1 heterocycles. The maximum atomic E-state index is 11.5. The van der Waals surface area contributed by atoms with Crippen molar-refractivity contribution in [1.82, 2.24) is 4.98 Å². The quantitative estimate of drug-likeness (QED) is 0.665. The SMILES string of the molecule is COC(=O)c1cccc2nccc(C)c12. The van der Waals surface area contributed by atoms with E-state index in [1.165, 1.54) is 7.11 Å². The molecule has 1 aromatic heterocycles. The number of carbonyl (C=O) groups excluding carboxylic acids is 1. The van der Waals surface area contributed by atoms with E-state index in [-0.39, 0.29) is 5.97 Å². The van der Waals surface area contributed by atoms with E-state index in [0.29, 0.717) is 5.56 Å². The Labute approximate surface area is 87.7 Å². The third-order valence-corrected chi connectivity index (χ3v) is 2.38. The van der Waals surface area contributed by atoms with E-state index in [9.17, 15) is 4.79 Å². The van der Waals surface area contributed by atoms with Crippen molar-refractivity contribution in [1.29, 1.82) is 0 Å². The Balaban J connectivity index is 2.80. The highest BCUT2D eigenvalue weighted by molar-refractivity contribution is 6.04. The lowest BCUT2D eigenvalue weighted by Gasteiger charge is -2.06. The van der Waals surface area contributed by atoms with Gasteiger partial charge in [-0.25, -0.2) is 4.79 Å². The molecule has 1 aromatic carbocycles. The van der Waals surface area contributed by atoms with E-state index >= 15 is 0 Å². The first-order valence-electron chi connectivity index (χ1n) is 4.66. The Morgan fingerprint density at radius 3 is 2.87 bits per heavy atom. The van der Waals surface area contributed by atoms with Gasteiger partial charge in [-0.05, 0) is 30.7 Å². The molecular weight excluding hydrogens is 190 g/mol. The average Bonchev–Trinajstić information content (AvgIpc) is 2.28. The van der Waals surface area contributed by atoms with Crippen molar-refractivity contribution in [3.8, 4) is 0 Å². The Morgan fingerprint density at radius 1 is 1.33 bits per heavy atom. The summed E-state index contributed by atoms with van der Waals surface area (Å²) in [6, 6.07) is 7.33.